The summed E-state index contributed by atoms with van der Waals surface area (Å²) in [6, 6.07) is 4.38. The molecule has 0 bridgehead atoms. The van der Waals surface area contributed by atoms with Gasteiger partial charge in [-0.3, -0.25) is 4.90 Å². The molecule has 166 valence electrons. The first-order valence-corrected chi connectivity index (χ1v) is 10.4. The van der Waals surface area contributed by atoms with Crippen molar-refractivity contribution in [2.45, 2.75) is 53.3 Å². The Kier molecular flexibility index (Phi) is 12.5. The molecular formula is C21H38IN5O2. The number of aromatic nitrogens is 1. The van der Waals surface area contributed by atoms with Crippen LogP contribution < -0.4 is 15.4 Å². The Hall–Kier alpha value is -1.13. The van der Waals surface area contributed by atoms with Crippen LogP contribution in [0.25, 0.3) is 0 Å². The zero-order chi connectivity index (χ0) is 20.4. The van der Waals surface area contributed by atoms with Gasteiger partial charge in [-0.15, -0.1) is 24.0 Å². The first kappa shape index (κ1) is 25.9. The van der Waals surface area contributed by atoms with Crippen molar-refractivity contribution in [2.75, 3.05) is 39.4 Å². The molecule has 1 aromatic heterocycles. The summed E-state index contributed by atoms with van der Waals surface area (Å²) in [7, 11) is 0. The molecule has 0 aliphatic carbocycles. The highest BCUT2D eigenvalue weighted by atomic mass is 127. The number of ether oxygens (including phenoxy) is 2. The minimum Gasteiger partial charge on any atom is -0.475 e. The van der Waals surface area contributed by atoms with E-state index in [-0.39, 0.29) is 30.1 Å². The van der Waals surface area contributed by atoms with Crippen LogP contribution in [-0.2, 0) is 11.3 Å². The van der Waals surface area contributed by atoms with E-state index in [1.807, 2.05) is 32.2 Å². The van der Waals surface area contributed by atoms with Crippen LogP contribution in [0.1, 0.15) is 40.2 Å². The molecule has 1 saturated heterocycles. The predicted molar refractivity (Wildman–Crippen MR) is 129 cm³/mol. The lowest BCUT2D eigenvalue weighted by molar-refractivity contribution is 0.00752. The fraction of sp³-hybridized carbons (Fsp3) is 0.714. The summed E-state index contributed by atoms with van der Waals surface area (Å²) in [5.74, 6) is 2.05. The van der Waals surface area contributed by atoms with Crippen molar-refractivity contribution in [1.29, 1.82) is 0 Å². The van der Waals surface area contributed by atoms with Crippen molar-refractivity contribution in [3.8, 4) is 5.88 Å². The summed E-state index contributed by atoms with van der Waals surface area (Å²) >= 11 is 0. The predicted octanol–water partition coefficient (Wildman–Crippen LogP) is 2.90. The number of pyridine rings is 1. The summed E-state index contributed by atoms with van der Waals surface area (Å²) in [5, 5.41) is 6.86. The number of nitrogens with zero attached hydrogens (tertiary/aromatic N) is 3. The Morgan fingerprint density at radius 3 is 2.48 bits per heavy atom. The van der Waals surface area contributed by atoms with Gasteiger partial charge in [0.2, 0.25) is 5.88 Å². The van der Waals surface area contributed by atoms with Crippen LogP contribution in [0.4, 0.5) is 0 Å². The molecular weight excluding hydrogens is 481 g/mol. The van der Waals surface area contributed by atoms with Crippen LogP contribution in [0.15, 0.2) is 23.3 Å². The summed E-state index contributed by atoms with van der Waals surface area (Å²) in [6.07, 6.45) is 1.96. The minimum atomic E-state index is 0. The molecule has 2 N–H and O–H groups in total. The van der Waals surface area contributed by atoms with Gasteiger partial charge < -0.3 is 20.1 Å². The molecule has 1 aliphatic heterocycles. The molecule has 2 heterocycles. The second kappa shape index (κ2) is 14.0. The maximum atomic E-state index is 5.59. The number of morpholine rings is 1. The average molecular weight is 519 g/mol. The van der Waals surface area contributed by atoms with Gasteiger partial charge in [-0.1, -0.05) is 19.9 Å². The number of nitrogens with one attached hydrogen (secondary N) is 2. The Morgan fingerprint density at radius 1 is 1.21 bits per heavy atom. The molecule has 0 aromatic carbocycles. The molecule has 29 heavy (non-hydrogen) atoms. The summed E-state index contributed by atoms with van der Waals surface area (Å²) < 4.78 is 11.1. The van der Waals surface area contributed by atoms with Gasteiger partial charge in [0.25, 0.3) is 0 Å². The van der Waals surface area contributed by atoms with Gasteiger partial charge in [-0.25, -0.2) is 9.98 Å². The van der Waals surface area contributed by atoms with Gasteiger partial charge in [0, 0.05) is 44.5 Å². The fourth-order valence-electron chi connectivity index (χ4n) is 3.22. The van der Waals surface area contributed by atoms with E-state index >= 15 is 0 Å². The standard InChI is InChI=1S/C21H37N5O2.HI/c1-6-22-21(24-14-18-7-8-20(23-13-18)28-17(4)5)25-15-19(16(2)3)26-9-11-27-12-10-26;/h7-8,13,16-17,19H,6,9-12,14-15H2,1-5H3,(H2,22,24,25);1H. The zero-order valence-corrected chi connectivity index (χ0v) is 20.8. The molecule has 0 spiro atoms. The van der Waals surface area contributed by atoms with Crippen molar-refractivity contribution in [1.82, 2.24) is 20.5 Å². The van der Waals surface area contributed by atoms with Gasteiger partial charge in [-0.05, 0) is 32.3 Å². The van der Waals surface area contributed by atoms with Gasteiger partial charge in [-0.2, -0.15) is 0 Å². The van der Waals surface area contributed by atoms with Gasteiger partial charge in [0.1, 0.15) is 0 Å². The highest BCUT2D eigenvalue weighted by molar-refractivity contribution is 14.0. The Labute approximate surface area is 193 Å². The molecule has 8 heteroatoms. The van der Waals surface area contributed by atoms with Crippen molar-refractivity contribution < 1.29 is 9.47 Å². The highest BCUT2D eigenvalue weighted by Crippen LogP contribution is 2.13. The molecule has 0 radical (unpaired) electrons. The van der Waals surface area contributed by atoms with E-state index in [4.69, 9.17) is 14.5 Å². The Balaban J connectivity index is 0.00000420. The third-order valence-corrected chi connectivity index (χ3v) is 4.68. The first-order chi connectivity index (χ1) is 13.5. The van der Waals surface area contributed by atoms with Crippen molar-refractivity contribution >= 4 is 29.9 Å². The van der Waals surface area contributed by atoms with Crippen LogP contribution in [0, 0.1) is 5.92 Å². The third-order valence-electron chi connectivity index (χ3n) is 4.68. The molecule has 1 aliphatic rings. The van der Waals surface area contributed by atoms with E-state index in [1.165, 1.54) is 0 Å². The Morgan fingerprint density at radius 2 is 1.93 bits per heavy atom. The normalized spacial score (nSPS) is 16.4. The quantitative estimate of drug-likeness (QED) is 0.297. The van der Waals surface area contributed by atoms with Crippen LogP contribution in [0.3, 0.4) is 0 Å². The SMILES string of the molecule is CCNC(=NCc1ccc(OC(C)C)nc1)NCC(C(C)C)N1CCOCC1.I. The summed E-state index contributed by atoms with van der Waals surface area (Å²) in [5.41, 5.74) is 1.06. The second-order valence-electron chi connectivity index (χ2n) is 7.71. The van der Waals surface area contributed by atoms with E-state index in [1.54, 1.807) is 0 Å². The number of halogens is 1. The highest BCUT2D eigenvalue weighted by Gasteiger charge is 2.23. The van der Waals surface area contributed by atoms with E-state index in [9.17, 15) is 0 Å². The molecule has 1 aromatic rings. The van der Waals surface area contributed by atoms with Crippen LogP contribution >= 0.6 is 24.0 Å². The zero-order valence-electron chi connectivity index (χ0n) is 18.5. The maximum absolute atomic E-state index is 5.59. The van der Waals surface area contributed by atoms with Crippen LogP contribution in [-0.4, -0.2) is 67.4 Å². The van der Waals surface area contributed by atoms with E-state index in [0.717, 1.165) is 50.9 Å². The summed E-state index contributed by atoms with van der Waals surface area (Å²) in [4.78, 5) is 11.6. The number of hydrogen-bond donors (Lipinski definition) is 2. The minimum absolute atomic E-state index is 0. The lowest BCUT2D eigenvalue weighted by Gasteiger charge is -2.37. The van der Waals surface area contributed by atoms with Gasteiger partial charge in [0.15, 0.2) is 5.96 Å². The molecule has 1 fully saturated rings. The lowest BCUT2D eigenvalue weighted by Crippen LogP contribution is -2.52. The molecule has 1 atom stereocenters. The number of aliphatic imine (C=N–C) groups is 1. The number of guanidine groups is 1. The van der Waals surface area contributed by atoms with Crippen LogP contribution in [0.2, 0.25) is 0 Å². The monoisotopic (exact) mass is 519 g/mol. The van der Waals surface area contributed by atoms with E-state index < -0.39 is 0 Å². The first-order valence-electron chi connectivity index (χ1n) is 10.4. The second-order valence-corrected chi connectivity index (χ2v) is 7.71. The smallest absolute Gasteiger partial charge is 0.213 e. The molecule has 2 rings (SSSR count). The van der Waals surface area contributed by atoms with E-state index in [0.29, 0.717) is 24.4 Å². The largest absolute Gasteiger partial charge is 0.475 e. The summed E-state index contributed by atoms with van der Waals surface area (Å²) in [6.45, 7) is 16.5. The van der Waals surface area contributed by atoms with Crippen molar-refractivity contribution in [2.24, 2.45) is 10.9 Å². The van der Waals surface area contributed by atoms with Crippen molar-refractivity contribution in [3.05, 3.63) is 23.9 Å². The lowest BCUT2D eigenvalue weighted by atomic mass is 10.0. The van der Waals surface area contributed by atoms with Crippen molar-refractivity contribution in [3.63, 3.8) is 0 Å². The third kappa shape index (κ3) is 9.48. The Bertz CT molecular complexity index is 589. The maximum Gasteiger partial charge on any atom is 0.213 e. The molecule has 1 unspecified atom stereocenters. The molecule has 7 nitrogen and oxygen atoms in total. The fourth-order valence-corrected chi connectivity index (χ4v) is 3.22. The molecule has 0 saturated carbocycles. The van der Waals surface area contributed by atoms with E-state index in [2.05, 4.69) is 41.3 Å². The topological polar surface area (TPSA) is 71.0 Å². The average Bonchev–Trinajstić information content (AvgIpc) is 2.67. The van der Waals surface area contributed by atoms with Crippen LogP contribution in [0.5, 0.6) is 5.88 Å². The van der Waals surface area contributed by atoms with Gasteiger partial charge >= 0.3 is 0 Å². The number of rotatable bonds is 9. The molecule has 0 amide bonds. The van der Waals surface area contributed by atoms with Gasteiger partial charge in [0.05, 0.1) is 25.9 Å². The number of hydrogen-bond acceptors (Lipinski definition) is 5.